The molecule has 0 aliphatic rings. The Balaban J connectivity index is 2.78. The summed E-state index contributed by atoms with van der Waals surface area (Å²) in [6.07, 6.45) is 2.45. The third-order valence-corrected chi connectivity index (χ3v) is 1.41. The monoisotopic (exact) mass is 191 g/mol. The summed E-state index contributed by atoms with van der Waals surface area (Å²) >= 11 is 0. The zero-order chi connectivity index (χ0) is 10.4. The van der Waals surface area contributed by atoms with Gasteiger partial charge in [0.25, 0.3) is 0 Å². The molecule has 1 aromatic rings. The number of carbonyl (C=O) groups is 1. The molecule has 70 valence electrons. The van der Waals surface area contributed by atoms with E-state index >= 15 is 0 Å². The van der Waals surface area contributed by atoms with Gasteiger partial charge >= 0.3 is 0 Å². The number of azide groups is 1. The minimum atomic E-state index is -0.711. The molecule has 0 radical (unpaired) electrons. The Kier molecular flexibility index (Phi) is 3.41. The highest BCUT2D eigenvalue weighted by atomic mass is 19.1. The normalized spacial score (nSPS) is 9.79. The first-order valence-corrected chi connectivity index (χ1v) is 3.75. The van der Waals surface area contributed by atoms with Crippen LogP contribution >= 0.6 is 0 Å². The number of hydrogen-bond donors (Lipinski definition) is 0. The Morgan fingerprint density at radius 3 is 3.00 bits per heavy atom. The second kappa shape index (κ2) is 4.79. The molecule has 0 N–H and O–H groups in total. The standard InChI is InChI=1S/C9H6FN3O/c10-8-3-1-2-7(6-8)4-5-9(14)12-13-11/h1-6H/b5-4+. The van der Waals surface area contributed by atoms with Gasteiger partial charge in [0.05, 0.1) is 0 Å². The van der Waals surface area contributed by atoms with E-state index in [0.29, 0.717) is 5.56 Å². The summed E-state index contributed by atoms with van der Waals surface area (Å²) in [5.74, 6) is -1.10. The number of benzene rings is 1. The van der Waals surface area contributed by atoms with Gasteiger partial charge in [-0.1, -0.05) is 18.2 Å². The lowest BCUT2D eigenvalue weighted by atomic mass is 10.2. The molecule has 0 aliphatic carbocycles. The average Bonchev–Trinajstić information content (AvgIpc) is 2.15. The molecule has 0 atom stereocenters. The van der Waals surface area contributed by atoms with Crippen LogP contribution < -0.4 is 0 Å². The summed E-state index contributed by atoms with van der Waals surface area (Å²) in [6, 6.07) is 5.71. The third-order valence-electron chi connectivity index (χ3n) is 1.41. The van der Waals surface area contributed by atoms with E-state index in [9.17, 15) is 9.18 Å². The number of halogens is 1. The van der Waals surface area contributed by atoms with Gasteiger partial charge < -0.3 is 0 Å². The average molecular weight is 191 g/mol. The molecule has 5 heteroatoms. The molecule has 1 rings (SSSR count). The summed E-state index contributed by atoms with van der Waals surface area (Å²) in [4.78, 5) is 13.0. The van der Waals surface area contributed by atoms with Crippen molar-refractivity contribution in [2.75, 3.05) is 0 Å². The molecule has 1 amide bonds. The molecule has 1 aromatic carbocycles. The van der Waals surface area contributed by atoms with E-state index in [4.69, 9.17) is 5.53 Å². The first-order chi connectivity index (χ1) is 6.72. The summed E-state index contributed by atoms with van der Waals surface area (Å²) in [5, 5.41) is 2.82. The van der Waals surface area contributed by atoms with Gasteiger partial charge in [-0.3, -0.25) is 4.79 Å². The largest absolute Gasteiger partial charge is 0.288 e. The van der Waals surface area contributed by atoms with Crippen LogP contribution in [0.15, 0.2) is 35.5 Å². The molecular formula is C9H6FN3O. The van der Waals surface area contributed by atoms with E-state index in [-0.39, 0.29) is 5.82 Å². The molecule has 0 aliphatic heterocycles. The van der Waals surface area contributed by atoms with Crippen molar-refractivity contribution in [2.24, 2.45) is 5.11 Å². The fraction of sp³-hybridized carbons (Fsp3) is 0. The highest BCUT2D eigenvalue weighted by Gasteiger charge is 1.92. The SMILES string of the molecule is [N-]=[N+]=NC(=O)/C=C/c1cccc(F)c1. The van der Waals surface area contributed by atoms with E-state index in [0.717, 1.165) is 6.08 Å². The summed E-state index contributed by atoms with van der Waals surface area (Å²) in [5.41, 5.74) is 8.46. The van der Waals surface area contributed by atoms with Crippen LogP contribution in [0.4, 0.5) is 4.39 Å². The Morgan fingerprint density at radius 2 is 2.36 bits per heavy atom. The smallest absolute Gasteiger partial charge is 0.242 e. The van der Waals surface area contributed by atoms with E-state index in [2.05, 4.69) is 10.0 Å². The Hall–Kier alpha value is -2.13. The van der Waals surface area contributed by atoms with Crippen molar-refractivity contribution in [2.45, 2.75) is 0 Å². The van der Waals surface area contributed by atoms with E-state index < -0.39 is 5.91 Å². The first-order valence-electron chi connectivity index (χ1n) is 3.75. The van der Waals surface area contributed by atoms with Crippen molar-refractivity contribution in [1.82, 2.24) is 0 Å². The van der Waals surface area contributed by atoms with Crippen LogP contribution in [0.2, 0.25) is 0 Å². The topological polar surface area (TPSA) is 65.8 Å². The van der Waals surface area contributed by atoms with Gasteiger partial charge in [0.15, 0.2) is 0 Å². The third kappa shape index (κ3) is 3.08. The first kappa shape index (κ1) is 9.95. The number of amides is 1. The Labute approximate surface area is 79.3 Å². The van der Waals surface area contributed by atoms with Crippen LogP contribution in [0.5, 0.6) is 0 Å². The maximum atomic E-state index is 12.6. The number of rotatable bonds is 2. The van der Waals surface area contributed by atoms with Gasteiger partial charge in [-0.25, -0.2) is 4.39 Å². The number of carbonyl (C=O) groups excluding carboxylic acids is 1. The van der Waals surface area contributed by atoms with Gasteiger partial charge in [-0.15, -0.1) is 0 Å². The van der Waals surface area contributed by atoms with Crippen molar-refractivity contribution < 1.29 is 9.18 Å². The lowest BCUT2D eigenvalue weighted by Gasteiger charge is -1.91. The fourth-order valence-corrected chi connectivity index (χ4v) is 0.855. The lowest BCUT2D eigenvalue weighted by Crippen LogP contribution is -1.82. The van der Waals surface area contributed by atoms with Crippen LogP contribution in [-0.4, -0.2) is 5.91 Å². The molecule has 0 unspecified atom stereocenters. The second-order valence-corrected chi connectivity index (χ2v) is 2.42. The second-order valence-electron chi connectivity index (χ2n) is 2.42. The highest BCUT2D eigenvalue weighted by Crippen LogP contribution is 2.05. The van der Waals surface area contributed by atoms with Crippen molar-refractivity contribution in [1.29, 1.82) is 0 Å². The summed E-state index contributed by atoms with van der Waals surface area (Å²) in [7, 11) is 0. The van der Waals surface area contributed by atoms with Gasteiger partial charge in [0.2, 0.25) is 5.91 Å². The minimum absolute atomic E-state index is 0.386. The molecular weight excluding hydrogens is 185 g/mol. The molecule has 0 aromatic heterocycles. The van der Waals surface area contributed by atoms with Crippen molar-refractivity contribution in [3.63, 3.8) is 0 Å². The zero-order valence-corrected chi connectivity index (χ0v) is 7.09. The molecule has 0 saturated heterocycles. The number of hydrogen-bond acceptors (Lipinski definition) is 1. The van der Waals surface area contributed by atoms with Crippen LogP contribution in [0.3, 0.4) is 0 Å². The predicted octanol–water partition coefficient (Wildman–Crippen LogP) is 2.68. The molecule has 0 saturated carbocycles. The maximum Gasteiger partial charge on any atom is 0.242 e. The fourth-order valence-electron chi connectivity index (χ4n) is 0.855. The van der Waals surface area contributed by atoms with Gasteiger partial charge in [-0.05, 0) is 34.4 Å². The maximum absolute atomic E-state index is 12.6. The number of nitrogens with zero attached hydrogens (tertiary/aromatic N) is 3. The molecule has 0 bridgehead atoms. The summed E-state index contributed by atoms with van der Waals surface area (Å²) < 4.78 is 12.6. The van der Waals surface area contributed by atoms with Crippen LogP contribution in [0, 0.1) is 5.82 Å². The highest BCUT2D eigenvalue weighted by molar-refractivity contribution is 5.92. The molecule has 0 spiro atoms. The van der Waals surface area contributed by atoms with Crippen molar-refractivity contribution in [3.05, 3.63) is 52.2 Å². The Morgan fingerprint density at radius 1 is 1.57 bits per heavy atom. The molecule has 0 fully saturated rings. The van der Waals surface area contributed by atoms with E-state index in [1.165, 1.54) is 24.3 Å². The predicted molar refractivity (Wildman–Crippen MR) is 49.6 cm³/mol. The van der Waals surface area contributed by atoms with E-state index in [1.54, 1.807) is 6.07 Å². The van der Waals surface area contributed by atoms with Crippen LogP contribution in [0.1, 0.15) is 5.56 Å². The lowest BCUT2D eigenvalue weighted by molar-refractivity contribution is -0.113. The van der Waals surface area contributed by atoms with Gasteiger partial charge in [0.1, 0.15) is 5.82 Å². The molecule has 0 heterocycles. The van der Waals surface area contributed by atoms with Crippen LogP contribution in [-0.2, 0) is 4.79 Å². The molecule has 14 heavy (non-hydrogen) atoms. The van der Waals surface area contributed by atoms with Crippen LogP contribution in [0.25, 0.3) is 16.5 Å². The zero-order valence-electron chi connectivity index (χ0n) is 7.09. The van der Waals surface area contributed by atoms with Crippen molar-refractivity contribution >= 4 is 12.0 Å². The van der Waals surface area contributed by atoms with E-state index in [1.807, 2.05) is 0 Å². The van der Waals surface area contributed by atoms with Crippen molar-refractivity contribution in [3.8, 4) is 0 Å². The molecule has 4 nitrogen and oxygen atoms in total. The summed E-state index contributed by atoms with van der Waals surface area (Å²) in [6.45, 7) is 0. The minimum Gasteiger partial charge on any atom is -0.288 e. The quantitative estimate of drug-likeness (QED) is 0.306. The Bertz CT molecular complexity index is 422. The van der Waals surface area contributed by atoms with Gasteiger partial charge in [0, 0.05) is 4.91 Å². The van der Waals surface area contributed by atoms with Gasteiger partial charge in [-0.2, -0.15) is 0 Å².